The molecule has 8 heteroatoms. The zero-order valence-electron chi connectivity index (χ0n) is 17.6. The van der Waals surface area contributed by atoms with Crippen molar-refractivity contribution in [3.63, 3.8) is 0 Å². The number of carbonyl (C=O) groups is 2. The summed E-state index contributed by atoms with van der Waals surface area (Å²) in [6.45, 7) is 5.46. The number of thiophene rings is 1. The molecule has 1 aliphatic heterocycles. The smallest absolute Gasteiger partial charge is 0.254 e. The number of rotatable bonds is 7. The minimum atomic E-state index is -0.111. The van der Waals surface area contributed by atoms with Gasteiger partial charge in [0.25, 0.3) is 5.91 Å². The zero-order valence-corrected chi connectivity index (χ0v) is 18.4. The van der Waals surface area contributed by atoms with Crippen LogP contribution in [0.1, 0.15) is 27.7 Å². The van der Waals surface area contributed by atoms with Crippen LogP contribution in [0.4, 0.5) is 0 Å². The first-order valence-corrected chi connectivity index (χ1v) is 11.1. The summed E-state index contributed by atoms with van der Waals surface area (Å²) in [5, 5.41) is 8.17. The molecule has 160 valence electrons. The molecule has 1 aliphatic rings. The molecule has 0 saturated carbocycles. The number of nitrogens with one attached hydrogen (secondary N) is 2. The van der Waals surface area contributed by atoms with Gasteiger partial charge in [0.1, 0.15) is 0 Å². The highest BCUT2D eigenvalue weighted by Crippen LogP contribution is 2.11. The van der Waals surface area contributed by atoms with E-state index in [0.717, 1.165) is 31.0 Å². The Bertz CT molecular complexity index is 864. The van der Waals surface area contributed by atoms with Crippen molar-refractivity contribution in [3.05, 3.63) is 57.8 Å². The Balaban J connectivity index is 1.58. The van der Waals surface area contributed by atoms with Gasteiger partial charge < -0.3 is 20.4 Å². The summed E-state index contributed by atoms with van der Waals surface area (Å²) in [6.07, 6.45) is 0.990. The first-order valence-electron chi connectivity index (χ1n) is 10.2. The lowest BCUT2D eigenvalue weighted by Crippen LogP contribution is -2.49. The van der Waals surface area contributed by atoms with Crippen molar-refractivity contribution in [1.82, 2.24) is 20.4 Å². The molecule has 0 unspecified atom stereocenters. The number of guanidine groups is 1. The fraction of sp³-hybridized carbons (Fsp3) is 0.409. The van der Waals surface area contributed by atoms with Crippen molar-refractivity contribution in [2.75, 3.05) is 39.8 Å². The van der Waals surface area contributed by atoms with E-state index < -0.39 is 0 Å². The van der Waals surface area contributed by atoms with Crippen LogP contribution in [0.25, 0.3) is 0 Å². The van der Waals surface area contributed by atoms with Gasteiger partial charge in [0.05, 0.1) is 13.1 Å². The Morgan fingerprint density at radius 2 is 2.10 bits per heavy atom. The third-order valence-corrected chi connectivity index (χ3v) is 5.84. The van der Waals surface area contributed by atoms with Crippen LogP contribution in [-0.4, -0.2) is 67.3 Å². The second-order valence-electron chi connectivity index (χ2n) is 7.19. The van der Waals surface area contributed by atoms with Crippen LogP contribution in [-0.2, 0) is 17.8 Å². The standard InChI is InChI=1S/C22H29N5O2S/c1-3-23-22(26(2)12-10-19-5-4-14-30-19)25-15-17-6-8-18(9-7-17)21(29)27-13-11-24-20(28)16-27/h4-9,14H,3,10-13,15-16H2,1-2H3,(H,23,25)(H,24,28). The van der Waals surface area contributed by atoms with Crippen molar-refractivity contribution in [3.8, 4) is 0 Å². The van der Waals surface area contributed by atoms with Gasteiger partial charge in [-0.2, -0.15) is 0 Å². The molecule has 0 aliphatic carbocycles. The minimum absolute atomic E-state index is 0.110. The average Bonchev–Trinajstić information content (AvgIpc) is 3.28. The van der Waals surface area contributed by atoms with Gasteiger partial charge in [0.2, 0.25) is 5.91 Å². The largest absolute Gasteiger partial charge is 0.357 e. The highest BCUT2D eigenvalue weighted by molar-refractivity contribution is 7.09. The first-order chi connectivity index (χ1) is 14.6. The van der Waals surface area contributed by atoms with Crippen molar-refractivity contribution in [2.45, 2.75) is 19.9 Å². The maximum Gasteiger partial charge on any atom is 0.254 e. The number of hydrogen-bond donors (Lipinski definition) is 2. The van der Waals surface area contributed by atoms with Gasteiger partial charge in [0.15, 0.2) is 5.96 Å². The molecular weight excluding hydrogens is 398 g/mol. The SMILES string of the molecule is CCNC(=NCc1ccc(C(=O)N2CCNC(=O)C2)cc1)N(C)CCc1cccs1. The molecule has 2 heterocycles. The van der Waals surface area contributed by atoms with Crippen LogP contribution in [0.5, 0.6) is 0 Å². The van der Waals surface area contributed by atoms with Crippen LogP contribution in [0.15, 0.2) is 46.8 Å². The monoisotopic (exact) mass is 427 g/mol. The maximum atomic E-state index is 12.6. The van der Waals surface area contributed by atoms with E-state index >= 15 is 0 Å². The molecule has 2 N–H and O–H groups in total. The van der Waals surface area contributed by atoms with Crippen molar-refractivity contribution >= 4 is 29.1 Å². The fourth-order valence-electron chi connectivity index (χ4n) is 3.22. The Kier molecular flexibility index (Phi) is 7.84. The number of carbonyl (C=O) groups excluding carboxylic acids is 2. The van der Waals surface area contributed by atoms with E-state index in [9.17, 15) is 9.59 Å². The second kappa shape index (κ2) is 10.8. The van der Waals surface area contributed by atoms with E-state index in [2.05, 4.69) is 40.0 Å². The van der Waals surface area contributed by atoms with E-state index in [1.54, 1.807) is 16.2 Å². The van der Waals surface area contributed by atoms with Gasteiger partial charge in [-0.1, -0.05) is 18.2 Å². The van der Waals surface area contributed by atoms with Gasteiger partial charge in [0, 0.05) is 43.7 Å². The molecule has 0 spiro atoms. The summed E-state index contributed by atoms with van der Waals surface area (Å²) in [4.78, 5) is 33.9. The Morgan fingerprint density at radius 1 is 1.30 bits per heavy atom. The lowest BCUT2D eigenvalue weighted by Gasteiger charge is -2.26. The van der Waals surface area contributed by atoms with Crippen LogP contribution in [0, 0.1) is 0 Å². The third kappa shape index (κ3) is 6.06. The van der Waals surface area contributed by atoms with E-state index in [1.165, 1.54) is 4.88 Å². The van der Waals surface area contributed by atoms with E-state index in [0.29, 0.717) is 25.2 Å². The summed E-state index contributed by atoms with van der Waals surface area (Å²) in [6, 6.07) is 11.7. The van der Waals surface area contributed by atoms with Gasteiger partial charge in [-0.3, -0.25) is 9.59 Å². The summed E-state index contributed by atoms with van der Waals surface area (Å²) in [7, 11) is 2.05. The molecule has 3 rings (SSSR count). The van der Waals surface area contributed by atoms with Gasteiger partial charge in [-0.15, -0.1) is 11.3 Å². The maximum absolute atomic E-state index is 12.6. The molecule has 1 aromatic heterocycles. The number of hydrogen-bond acceptors (Lipinski definition) is 4. The molecule has 0 atom stereocenters. The summed E-state index contributed by atoms with van der Waals surface area (Å²) in [5.74, 6) is 0.648. The molecule has 30 heavy (non-hydrogen) atoms. The lowest BCUT2D eigenvalue weighted by molar-refractivity contribution is -0.123. The van der Waals surface area contributed by atoms with Crippen molar-refractivity contribution in [1.29, 1.82) is 0 Å². The highest BCUT2D eigenvalue weighted by Gasteiger charge is 2.22. The normalized spacial score (nSPS) is 14.4. The number of nitrogens with zero attached hydrogens (tertiary/aromatic N) is 3. The minimum Gasteiger partial charge on any atom is -0.357 e. The van der Waals surface area contributed by atoms with E-state index in [1.807, 2.05) is 31.3 Å². The molecule has 1 saturated heterocycles. The van der Waals surface area contributed by atoms with Crippen LogP contribution in [0.3, 0.4) is 0 Å². The van der Waals surface area contributed by atoms with Gasteiger partial charge in [-0.25, -0.2) is 4.99 Å². The predicted molar refractivity (Wildman–Crippen MR) is 121 cm³/mol. The number of likely N-dealkylation sites (N-methyl/N-ethyl adjacent to an activating group) is 1. The number of amides is 2. The zero-order chi connectivity index (χ0) is 21.3. The number of benzene rings is 1. The van der Waals surface area contributed by atoms with E-state index in [4.69, 9.17) is 4.99 Å². The topological polar surface area (TPSA) is 77.0 Å². The van der Waals surface area contributed by atoms with Crippen LogP contribution >= 0.6 is 11.3 Å². The first kappa shape index (κ1) is 21.8. The van der Waals surface area contributed by atoms with Gasteiger partial charge >= 0.3 is 0 Å². The number of aliphatic imine (C=N–C) groups is 1. The molecule has 0 radical (unpaired) electrons. The number of piperazine rings is 1. The quantitative estimate of drug-likeness (QED) is 0.523. The van der Waals surface area contributed by atoms with E-state index in [-0.39, 0.29) is 18.4 Å². The van der Waals surface area contributed by atoms with Gasteiger partial charge in [-0.05, 0) is 42.5 Å². The molecule has 0 bridgehead atoms. The lowest BCUT2D eigenvalue weighted by atomic mass is 10.1. The third-order valence-electron chi connectivity index (χ3n) is 4.91. The molecular formula is C22H29N5O2S. The molecule has 1 aromatic carbocycles. The molecule has 2 amide bonds. The van der Waals surface area contributed by atoms with Crippen LogP contribution in [0.2, 0.25) is 0 Å². The summed E-state index contributed by atoms with van der Waals surface area (Å²) >= 11 is 1.77. The Morgan fingerprint density at radius 3 is 2.77 bits per heavy atom. The van der Waals surface area contributed by atoms with Crippen LogP contribution < -0.4 is 10.6 Å². The molecule has 7 nitrogen and oxygen atoms in total. The predicted octanol–water partition coefficient (Wildman–Crippen LogP) is 1.96. The van der Waals surface area contributed by atoms with Crippen molar-refractivity contribution < 1.29 is 9.59 Å². The molecule has 2 aromatic rings. The fourth-order valence-corrected chi connectivity index (χ4v) is 3.92. The Hall–Kier alpha value is -2.87. The summed E-state index contributed by atoms with van der Waals surface area (Å²) < 4.78 is 0. The highest BCUT2D eigenvalue weighted by atomic mass is 32.1. The molecule has 1 fully saturated rings. The van der Waals surface area contributed by atoms with Crippen molar-refractivity contribution in [2.24, 2.45) is 4.99 Å². The average molecular weight is 428 g/mol. The summed E-state index contributed by atoms with van der Waals surface area (Å²) in [5.41, 5.74) is 1.63. The second-order valence-corrected chi connectivity index (χ2v) is 8.23. The Labute approximate surface area is 181 Å².